The van der Waals surface area contributed by atoms with Crippen molar-refractivity contribution in [2.24, 2.45) is 0 Å². The molecule has 0 amide bonds. The van der Waals surface area contributed by atoms with Crippen LogP contribution in [-0.4, -0.2) is 17.6 Å². The molecule has 0 fully saturated rings. The van der Waals surface area contributed by atoms with Gasteiger partial charge in [0, 0.05) is 11.8 Å². The Morgan fingerprint density at radius 1 is 1.56 bits per heavy atom. The molecule has 0 atom stereocenters. The van der Waals surface area contributed by atoms with E-state index in [9.17, 15) is 4.79 Å². The molecule has 4 heteroatoms. The summed E-state index contributed by atoms with van der Waals surface area (Å²) in [4.78, 5) is 15.3. The summed E-state index contributed by atoms with van der Waals surface area (Å²) in [5.74, 6) is 0.140. The second-order valence-electron chi connectivity index (χ2n) is 3.45. The number of carbonyl (C=O) groups excluding carboxylic acids is 1. The summed E-state index contributed by atoms with van der Waals surface area (Å²) < 4.78 is 4.80. The normalized spacial score (nSPS) is 10.7. The first-order chi connectivity index (χ1) is 7.54. The predicted molar refractivity (Wildman–Crippen MR) is 63.8 cm³/mol. The summed E-state index contributed by atoms with van der Waals surface area (Å²) in [6.45, 7) is 5.93. The highest BCUT2D eigenvalue weighted by molar-refractivity contribution is 5.87. The molecule has 0 spiro atoms. The third-order valence-electron chi connectivity index (χ3n) is 2.15. The van der Waals surface area contributed by atoms with E-state index in [2.05, 4.69) is 4.98 Å². The Morgan fingerprint density at radius 2 is 2.25 bits per heavy atom. The van der Waals surface area contributed by atoms with Gasteiger partial charge in [0.15, 0.2) is 0 Å². The number of esters is 1. The number of rotatable bonds is 3. The SMILES string of the molecule is CCOC(=O)C=Cc1c(C)cc(N)nc1C. The van der Waals surface area contributed by atoms with Crippen molar-refractivity contribution in [1.29, 1.82) is 0 Å². The van der Waals surface area contributed by atoms with Crippen LogP contribution in [0.15, 0.2) is 12.1 Å². The highest BCUT2D eigenvalue weighted by Gasteiger charge is 2.03. The van der Waals surface area contributed by atoms with E-state index >= 15 is 0 Å². The smallest absolute Gasteiger partial charge is 0.330 e. The number of nitrogen functional groups attached to an aromatic ring is 1. The lowest BCUT2D eigenvalue weighted by Crippen LogP contribution is -2.00. The van der Waals surface area contributed by atoms with Crippen molar-refractivity contribution in [2.75, 3.05) is 12.3 Å². The van der Waals surface area contributed by atoms with E-state index in [1.165, 1.54) is 6.08 Å². The molecule has 1 heterocycles. The predicted octanol–water partition coefficient (Wildman–Crippen LogP) is 1.86. The molecule has 86 valence electrons. The van der Waals surface area contributed by atoms with E-state index in [-0.39, 0.29) is 5.97 Å². The average Bonchev–Trinajstić information content (AvgIpc) is 2.16. The number of ether oxygens (including phenoxy) is 1. The Bertz CT molecular complexity index is 402. The minimum absolute atomic E-state index is 0.349. The van der Waals surface area contributed by atoms with E-state index < -0.39 is 0 Å². The molecule has 1 aromatic rings. The molecule has 0 unspecified atom stereocenters. The van der Waals surface area contributed by atoms with Crippen LogP contribution in [0.2, 0.25) is 0 Å². The van der Waals surface area contributed by atoms with Gasteiger partial charge >= 0.3 is 5.97 Å². The number of nitrogens with zero attached hydrogens (tertiary/aromatic N) is 1. The quantitative estimate of drug-likeness (QED) is 0.623. The summed E-state index contributed by atoms with van der Waals surface area (Å²) in [6, 6.07) is 1.78. The number of nitrogens with two attached hydrogens (primary N) is 1. The molecular formula is C12H16N2O2. The van der Waals surface area contributed by atoms with Gasteiger partial charge in [0.1, 0.15) is 5.82 Å². The standard InChI is InChI=1S/C12H16N2O2/c1-4-16-12(15)6-5-10-8(2)7-11(13)14-9(10)3/h5-7H,4H2,1-3H3,(H2,13,14). The van der Waals surface area contributed by atoms with Crippen LogP contribution in [0, 0.1) is 13.8 Å². The monoisotopic (exact) mass is 220 g/mol. The molecule has 0 aromatic carbocycles. The Morgan fingerprint density at radius 3 is 2.81 bits per heavy atom. The maximum Gasteiger partial charge on any atom is 0.330 e. The molecule has 0 radical (unpaired) electrons. The van der Waals surface area contributed by atoms with Crippen LogP contribution in [-0.2, 0) is 9.53 Å². The number of anilines is 1. The summed E-state index contributed by atoms with van der Waals surface area (Å²) >= 11 is 0. The fourth-order valence-corrected chi connectivity index (χ4v) is 1.46. The zero-order valence-electron chi connectivity index (χ0n) is 9.78. The molecule has 0 bridgehead atoms. The Labute approximate surface area is 95.1 Å². The lowest BCUT2D eigenvalue weighted by molar-refractivity contribution is -0.137. The van der Waals surface area contributed by atoms with Crippen LogP contribution in [0.3, 0.4) is 0 Å². The van der Waals surface area contributed by atoms with Gasteiger partial charge in [0.05, 0.1) is 6.61 Å². The molecule has 0 aliphatic carbocycles. The van der Waals surface area contributed by atoms with E-state index in [0.29, 0.717) is 12.4 Å². The van der Waals surface area contributed by atoms with Gasteiger partial charge in [0.2, 0.25) is 0 Å². The Kier molecular flexibility index (Phi) is 4.05. The molecule has 0 aliphatic rings. The summed E-state index contributed by atoms with van der Waals surface area (Å²) in [6.07, 6.45) is 3.10. The first-order valence-corrected chi connectivity index (χ1v) is 5.13. The van der Waals surface area contributed by atoms with Gasteiger partial charge in [0.25, 0.3) is 0 Å². The van der Waals surface area contributed by atoms with Crippen LogP contribution < -0.4 is 5.73 Å². The minimum atomic E-state index is -0.349. The summed E-state index contributed by atoms with van der Waals surface area (Å²) in [7, 11) is 0. The maximum atomic E-state index is 11.2. The summed E-state index contributed by atoms with van der Waals surface area (Å²) in [5, 5.41) is 0. The lowest BCUT2D eigenvalue weighted by atomic mass is 10.1. The first kappa shape index (κ1) is 12.2. The van der Waals surface area contributed by atoms with Crippen molar-refractivity contribution >= 4 is 17.9 Å². The molecule has 1 aromatic heterocycles. The molecule has 0 saturated heterocycles. The average molecular weight is 220 g/mol. The fraction of sp³-hybridized carbons (Fsp3) is 0.333. The number of aromatic nitrogens is 1. The van der Waals surface area contributed by atoms with Gasteiger partial charge in [-0.2, -0.15) is 0 Å². The third kappa shape index (κ3) is 3.08. The van der Waals surface area contributed by atoms with Gasteiger partial charge in [-0.15, -0.1) is 0 Å². The number of carbonyl (C=O) groups is 1. The van der Waals surface area contributed by atoms with Gasteiger partial charge < -0.3 is 10.5 Å². The second-order valence-corrected chi connectivity index (χ2v) is 3.45. The van der Waals surface area contributed by atoms with Crippen molar-refractivity contribution in [1.82, 2.24) is 4.98 Å². The van der Waals surface area contributed by atoms with Crippen LogP contribution in [0.4, 0.5) is 5.82 Å². The van der Waals surface area contributed by atoms with E-state index in [4.69, 9.17) is 10.5 Å². The van der Waals surface area contributed by atoms with Crippen LogP contribution in [0.25, 0.3) is 6.08 Å². The van der Waals surface area contributed by atoms with Crippen molar-refractivity contribution in [2.45, 2.75) is 20.8 Å². The van der Waals surface area contributed by atoms with E-state index in [1.807, 2.05) is 13.8 Å². The Hall–Kier alpha value is -1.84. The Balaban J connectivity index is 2.93. The van der Waals surface area contributed by atoms with E-state index in [0.717, 1.165) is 16.8 Å². The van der Waals surface area contributed by atoms with Crippen molar-refractivity contribution in [3.63, 3.8) is 0 Å². The van der Waals surface area contributed by atoms with Gasteiger partial charge in [-0.3, -0.25) is 0 Å². The summed E-state index contributed by atoms with van der Waals surface area (Å²) in [5.41, 5.74) is 8.31. The third-order valence-corrected chi connectivity index (χ3v) is 2.15. The highest BCUT2D eigenvalue weighted by atomic mass is 16.5. The van der Waals surface area contributed by atoms with Gasteiger partial charge in [-0.25, -0.2) is 9.78 Å². The number of pyridine rings is 1. The molecule has 0 saturated carbocycles. The van der Waals surface area contributed by atoms with Crippen LogP contribution >= 0.6 is 0 Å². The number of hydrogen-bond acceptors (Lipinski definition) is 4. The molecule has 16 heavy (non-hydrogen) atoms. The second kappa shape index (κ2) is 5.30. The minimum Gasteiger partial charge on any atom is -0.463 e. The molecule has 2 N–H and O–H groups in total. The number of aryl methyl sites for hydroxylation is 2. The number of hydrogen-bond donors (Lipinski definition) is 1. The molecular weight excluding hydrogens is 204 g/mol. The van der Waals surface area contributed by atoms with Crippen molar-refractivity contribution in [3.8, 4) is 0 Å². The molecule has 0 aliphatic heterocycles. The van der Waals surface area contributed by atoms with E-state index in [1.54, 1.807) is 19.1 Å². The van der Waals surface area contributed by atoms with Gasteiger partial charge in [-0.1, -0.05) is 0 Å². The highest BCUT2D eigenvalue weighted by Crippen LogP contribution is 2.16. The van der Waals surface area contributed by atoms with Gasteiger partial charge in [-0.05, 0) is 44.0 Å². The zero-order valence-corrected chi connectivity index (χ0v) is 9.78. The zero-order chi connectivity index (χ0) is 12.1. The first-order valence-electron chi connectivity index (χ1n) is 5.13. The van der Waals surface area contributed by atoms with Crippen molar-refractivity contribution < 1.29 is 9.53 Å². The van der Waals surface area contributed by atoms with Crippen LogP contribution in [0.5, 0.6) is 0 Å². The molecule has 4 nitrogen and oxygen atoms in total. The lowest BCUT2D eigenvalue weighted by Gasteiger charge is -2.05. The van der Waals surface area contributed by atoms with Crippen molar-refractivity contribution in [3.05, 3.63) is 29.0 Å². The molecule has 1 rings (SSSR count). The largest absolute Gasteiger partial charge is 0.463 e. The fourth-order valence-electron chi connectivity index (χ4n) is 1.46. The maximum absolute atomic E-state index is 11.2. The van der Waals surface area contributed by atoms with Crippen LogP contribution in [0.1, 0.15) is 23.7 Å². The topological polar surface area (TPSA) is 65.2 Å².